The summed E-state index contributed by atoms with van der Waals surface area (Å²) in [4.78, 5) is 11.9. The zero-order valence-electron chi connectivity index (χ0n) is 23.6. The number of rotatable bonds is 6. The molecule has 0 saturated carbocycles. The molecule has 1 N–H and O–H groups in total. The number of piperidine rings is 1. The van der Waals surface area contributed by atoms with Crippen LogP contribution >= 0.6 is 0 Å². The summed E-state index contributed by atoms with van der Waals surface area (Å²) in [6.07, 6.45) is 4.44. The Morgan fingerprint density at radius 1 is 1.07 bits per heavy atom. The molecule has 9 nitrogen and oxygen atoms in total. The fraction of sp³-hybridized carbons (Fsp3) is 0.433. The smallest absolute Gasteiger partial charge is 0.242 e. The number of hydrogen-bond donors (Lipinski definition) is 1. The first-order chi connectivity index (χ1) is 19.2. The molecule has 0 unspecified atom stereocenters. The molecule has 40 heavy (non-hydrogen) atoms. The van der Waals surface area contributed by atoms with Gasteiger partial charge in [0, 0.05) is 37.6 Å². The fourth-order valence-corrected chi connectivity index (χ4v) is 7.50. The summed E-state index contributed by atoms with van der Waals surface area (Å²) in [5.74, 6) is 2.02. The number of benzene rings is 2. The maximum absolute atomic E-state index is 13.5. The lowest BCUT2D eigenvalue weighted by atomic mass is 9.97. The maximum Gasteiger partial charge on any atom is 0.242 e. The van der Waals surface area contributed by atoms with E-state index in [1.54, 1.807) is 19.4 Å². The molecule has 4 aromatic rings. The van der Waals surface area contributed by atoms with Gasteiger partial charge in [0.2, 0.25) is 10.0 Å². The van der Waals surface area contributed by atoms with Crippen molar-refractivity contribution in [1.29, 1.82) is 0 Å². The molecule has 0 bridgehead atoms. The molecule has 6 rings (SSSR count). The van der Waals surface area contributed by atoms with Gasteiger partial charge in [-0.25, -0.2) is 22.7 Å². The zero-order chi connectivity index (χ0) is 28.0. The highest BCUT2D eigenvalue weighted by Gasteiger charge is 2.27. The van der Waals surface area contributed by atoms with E-state index >= 15 is 0 Å². The Labute approximate surface area is 235 Å². The van der Waals surface area contributed by atoms with E-state index in [0.29, 0.717) is 23.9 Å². The molecule has 0 radical (unpaired) electrons. The molecule has 1 saturated heterocycles. The van der Waals surface area contributed by atoms with Gasteiger partial charge in [-0.1, -0.05) is 11.2 Å². The van der Waals surface area contributed by atoms with Gasteiger partial charge >= 0.3 is 0 Å². The van der Waals surface area contributed by atoms with Crippen LogP contribution in [0, 0.1) is 26.7 Å². The Kier molecular flexibility index (Phi) is 7.10. The van der Waals surface area contributed by atoms with Crippen molar-refractivity contribution < 1.29 is 12.9 Å². The van der Waals surface area contributed by atoms with Crippen LogP contribution in [0.15, 0.2) is 46.1 Å². The molecule has 1 fully saturated rings. The SMILES string of the molecule is Cc1noc(C)c1-c1cc(C)c2ncnc(N3CCc4ccc(S(=O)(=O)N(C)CC5CCNCC5)cc4C3)c2c1. The number of nitrogens with one attached hydrogen (secondary N) is 1. The number of aromatic nitrogens is 3. The molecule has 0 atom stereocenters. The zero-order valence-corrected chi connectivity index (χ0v) is 24.4. The molecule has 0 spiro atoms. The Hall–Kier alpha value is -3.34. The van der Waals surface area contributed by atoms with Crippen LogP contribution in [-0.2, 0) is 23.0 Å². The van der Waals surface area contributed by atoms with Crippen molar-refractivity contribution in [2.75, 3.05) is 38.1 Å². The Morgan fingerprint density at radius 3 is 2.62 bits per heavy atom. The molecular weight excluding hydrogens is 524 g/mol. The largest absolute Gasteiger partial charge is 0.361 e. The van der Waals surface area contributed by atoms with E-state index in [4.69, 9.17) is 9.51 Å². The molecular formula is C30H36N6O3S. The van der Waals surface area contributed by atoms with Gasteiger partial charge in [0.1, 0.15) is 17.9 Å². The van der Waals surface area contributed by atoms with Gasteiger partial charge in [-0.15, -0.1) is 0 Å². The quantitative estimate of drug-likeness (QED) is 0.370. The molecule has 4 heterocycles. The summed E-state index contributed by atoms with van der Waals surface area (Å²) in [6.45, 7) is 9.75. The molecule has 0 aliphatic carbocycles. The van der Waals surface area contributed by atoms with Gasteiger partial charge in [-0.2, -0.15) is 0 Å². The summed E-state index contributed by atoms with van der Waals surface area (Å²) in [6, 6.07) is 9.85. The number of hydrogen-bond acceptors (Lipinski definition) is 8. The monoisotopic (exact) mass is 560 g/mol. The summed E-state index contributed by atoms with van der Waals surface area (Å²) < 4.78 is 34.0. The van der Waals surface area contributed by atoms with E-state index in [1.807, 2.05) is 26.0 Å². The Bertz CT molecular complexity index is 1660. The molecule has 210 valence electrons. The highest BCUT2D eigenvalue weighted by atomic mass is 32.2. The minimum absolute atomic E-state index is 0.355. The fourth-order valence-electron chi connectivity index (χ4n) is 6.20. The van der Waals surface area contributed by atoms with Gasteiger partial charge < -0.3 is 14.7 Å². The van der Waals surface area contributed by atoms with Gasteiger partial charge in [0.15, 0.2) is 0 Å². The second kappa shape index (κ2) is 10.6. The van der Waals surface area contributed by atoms with Gasteiger partial charge in [-0.05, 0) is 106 Å². The minimum Gasteiger partial charge on any atom is -0.361 e. The first kappa shape index (κ1) is 26.9. The lowest BCUT2D eigenvalue weighted by molar-refractivity contribution is 0.311. The Balaban J connectivity index is 1.32. The van der Waals surface area contributed by atoms with E-state index in [9.17, 15) is 8.42 Å². The van der Waals surface area contributed by atoms with Gasteiger partial charge in [0.25, 0.3) is 0 Å². The highest BCUT2D eigenvalue weighted by Crippen LogP contribution is 2.36. The van der Waals surface area contributed by atoms with Gasteiger partial charge in [0.05, 0.1) is 16.1 Å². The standard InChI is InChI=1S/C30H36N6O3S/c1-19-13-24(28-20(2)34-39-21(28)3)15-27-29(19)32-18-33-30(27)36-12-9-23-5-6-26(14-25(23)17-36)40(37,38)35(4)16-22-7-10-31-11-8-22/h5-6,13-15,18,22,31H,7-12,16-17H2,1-4H3. The first-order valence-electron chi connectivity index (χ1n) is 13.9. The van der Waals surface area contributed by atoms with Crippen molar-refractivity contribution in [3.8, 4) is 11.1 Å². The lowest BCUT2D eigenvalue weighted by Gasteiger charge is -2.31. The van der Waals surface area contributed by atoms with Crippen molar-refractivity contribution in [2.45, 2.75) is 51.5 Å². The number of fused-ring (bicyclic) bond motifs is 2. The first-order valence-corrected chi connectivity index (χ1v) is 15.4. The highest BCUT2D eigenvalue weighted by molar-refractivity contribution is 7.89. The molecule has 2 aliphatic rings. The second-order valence-corrected chi connectivity index (χ2v) is 13.2. The number of sulfonamides is 1. The molecule has 2 aromatic heterocycles. The number of nitrogens with zero attached hydrogens (tertiary/aromatic N) is 5. The van der Waals surface area contributed by atoms with E-state index in [2.05, 4.69) is 39.4 Å². The summed E-state index contributed by atoms with van der Waals surface area (Å²) >= 11 is 0. The van der Waals surface area contributed by atoms with E-state index in [-0.39, 0.29) is 0 Å². The number of anilines is 1. The molecule has 0 amide bonds. The third kappa shape index (κ3) is 4.88. The van der Waals surface area contributed by atoms with Crippen molar-refractivity contribution >= 4 is 26.7 Å². The van der Waals surface area contributed by atoms with E-state index in [1.165, 1.54) is 9.87 Å². The van der Waals surface area contributed by atoms with Crippen molar-refractivity contribution in [2.24, 2.45) is 5.92 Å². The summed E-state index contributed by atoms with van der Waals surface area (Å²) in [7, 11) is -1.88. The molecule has 2 aromatic carbocycles. The van der Waals surface area contributed by atoms with Gasteiger partial charge in [-0.3, -0.25) is 0 Å². The van der Waals surface area contributed by atoms with E-state index < -0.39 is 10.0 Å². The third-order valence-corrected chi connectivity index (χ3v) is 10.2. The van der Waals surface area contributed by atoms with Crippen LogP contribution in [0.4, 0.5) is 5.82 Å². The van der Waals surface area contributed by atoms with Crippen molar-refractivity contribution in [1.82, 2.24) is 24.7 Å². The molecule has 2 aliphatic heterocycles. The summed E-state index contributed by atoms with van der Waals surface area (Å²) in [5.41, 5.74) is 7.03. The van der Waals surface area contributed by atoms with Crippen LogP contribution in [0.5, 0.6) is 0 Å². The van der Waals surface area contributed by atoms with Crippen molar-refractivity contribution in [3.05, 3.63) is 64.8 Å². The predicted octanol–water partition coefficient (Wildman–Crippen LogP) is 4.39. The lowest BCUT2D eigenvalue weighted by Crippen LogP contribution is -2.37. The van der Waals surface area contributed by atoms with Crippen LogP contribution in [0.1, 0.15) is 41.0 Å². The van der Waals surface area contributed by atoms with E-state index in [0.717, 1.165) is 89.3 Å². The Morgan fingerprint density at radius 2 is 1.88 bits per heavy atom. The normalized spacial score (nSPS) is 16.6. The van der Waals surface area contributed by atoms with Crippen molar-refractivity contribution in [3.63, 3.8) is 0 Å². The molecule has 10 heteroatoms. The topological polar surface area (TPSA) is 104 Å². The van der Waals surface area contributed by atoms with Crippen LogP contribution in [0.2, 0.25) is 0 Å². The minimum atomic E-state index is -3.58. The summed E-state index contributed by atoms with van der Waals surface area (Å²) in [5, 5.41) is 8.46. The predicted molar refractivity (Wildman–Crippen MR) is 156 cm³/mol. The average Bonchev–Trinajstić information content (AvgIpc) is 3.30. The van der Waals surface area contributed by atoms with Crippen LogP contribution in [-0.4, -0.2) is 61.1 Å². The third-order valence-electron chi connectivity index (χ3n) is 8.40. The average molecular weight is 561 g/mol. The maximum atomic E-state index is 13.5. The van der Waals surface area contributed by atoms with Crippen LogP contribution in [0.25, 0.3) is 22.0 Å². The number of aryl methyl sites for hydroxylation is 3. The second-order valence-electron chi connectivity index (χ2n) is 11.2. The van der Waals surface area contributed by atoms with Crippen LogP contribution in [0.3, 0.4) is 0 Å². The van der Waals surface area contributed by atoms with Crippen LogP contribution < -0.4 is 10.2 Å².